The first-order valence-electron chi connectivity index (χ1n) is 8.77. The Morgan fingerprint density at radius 3 is 2.23 bits per heavy atom. The molecule has 1 heterocycles. The van der Waals surface area contributed by atoms with Crippen molar-refractivity contribution >= 4 is 17.6 Å². The van der Waals surface area contributed by atoms with Gasteiger partial charge in [-0.25, -0.2) is 9.18 Å². The number of benzene rings is 2. The van der Waals surface area contributed by atoms with E-state index in [2.05, 4.69) is 5.32 Å². The molecule has 3 rings (SSSR count). The van der Waals surface area contributed by atoms with E-state index < -0.39 is 0 Å². The van der Waals surface area contributed by atoms with Crippen LogP contribution in [0.25, 0.3) is 0 Å². The molecule has 1 fully saturated rings. The van der Waals surface area contributed by atoms with Gasteiger partial charge in [0.2, 0.25) is 0 Å². The maximum atomic E-state index is 13.0. The number of carbonyl (C=O) groups excluding carboxylic acids is 2. The summed E-state index contributed by atoms with van der Waals surface area (Å²) in [5, 5.41) is 2.96. The van der Waals surface area contributed by atoms with E-state index in [4.69, 9.17) is 0 Å². The van der Waals surface area contributed by atoms with Crippen molar-refractivity contribution in [3.63, 3.8) is 0 Å². The number of piperazine rings is 1. The van der Waals surface area contributed by atoms with Crippen molar-refractivity contribution in [1.29, 1.82) is 0 Å². The fraction of sp³-hybridized carbons (Fsp3) is 0.300. The second-order valence-electron chi connectivity index (χ2n) is 6.23. The third-order valence-electron chi connectivity index (χ3n) is 4.59. The van der Waals surface area contributed by atoms with Gasteiger partial charge >= 0.3 is 6.03 Å². The van der Waals surface area contributed by atoms with Crippen LogP contribution in [0, 0.1) is 5.82 Å². The van der Waals surface area contributed by atoms with E-state index in [9.17, 15) is 14.0 Å². The molecule has 2 aromatic rings. The van der Waals surface area contributed by atoms with E-state index in [0.29, 0.717) is 31.7 Å². The zero-order valence-corrected chi connectivity index (χ0v) is 14.7. The molecule has 5 nitrogen and oxygen atoms in total. The highest BCUT2D eigenvalue weighted by Gasteiger charge is 2.25. The van der Waals surface area contributed by atoms with Gasteiger partial charge in [-0.3, -0.25) is 4.79 Å². The number of carbonyl (C=O) groups is 2. The summed E-state index contributed by atoms with van der Waals surface area (Å²) in [6.07, 6.45) is 0.844. The Morgan fingerprint density at radius 1 is 0.962 bits per heavy atom. The van der Waals surface area contributed by atoms with Crippen LogP contribution in [0.1, 0.15) is 22.8 Å². The first-order chi connectivity index (χ1) is 12.6. The minimum atomic E-state index is -0.365. The van der Waals surface area contributed by atoms with Crippen molar-refractivity contribution in [2.75, 3.05) is 31.5 Å². The summed E-state index contributed by atoms with van der Waals surface area (Å²) in [7, 11) is 0. The summed E-state index contributed by atoms with van der Waals surface area (Å²) < 4.78 is 13.0. The molecular weight excluding hydrogens is 333 g/mol. The van der Waals surface area contributed by atoms with E-state index in [1.165, 1.54) is 24.3 Å². The second kappa shape index (κ2) is 7.99. The highest BCUT2D eigenvalue weighted by Crippen LogP contribution is 2.17. The van der Waals surface area contributed by atoms with Gasteiger partial charge in [0.25, 0.3) is 5.91 Å². The largest absolute Gasteiger partial charge is 0.335 e. The van der Waals surface area contributed by atoms with Gasteiger partial charge < -0.3 is 15.1 Å². The summed E-state index contributed by atoms with van der Waals surface area (Å²) in [6.45, 7) is 3.89. The number of aryl methyl sites for hydroxylation is 1. The topological polar surface area (TPSA) is 52.7 Å². The Morgan fingerprint density at radius 2 is 1.58 bits per heavy atom. The van der Waals surface area contributed by atoms with Crippen molar-refractivity contribution in [3.8, 4) is 0 Å². The van der Waals surface area contributed by atoms with Gasteiger partial charge in [0.1, 0.15) is 5.82 Å². The highest BCUT2D eigenvalue weighted by molar-refractivity contribution is 5.94. The van der Waals surface area contributed by atoms with Crippen molar-refractivity contribution in [2.45, 2.75) is 13.3 Å². The van der Waals surface area contributed by atoms with E-state index in [-0.39, 0.29) is 17.8 Å². The number of urea groups is 1. The summed E-state index contributed by atoms with van der Waals surface area (Å²) in [5.41, 5.74) is 2.37. The average Bonchev–Trinajstić information content (AvgIpc) is 2.68. The van der Waals surface area contributed by atoms with Crippen LogP contribution in [0.15, 0.2) is 48.5 Å². The number of nitrogens with one attached hydrogen (secondary N) is 1. The van der Waals surface area contributed by atoms with Crippen LogP contribution in [-0.4, -0.2) is 47.9 Å². The van der Waals surface area contributed by atoms with Crippen LogP contribution < -0.4 is 5.32 Å². The van der Waals surface area contributed by atoms with Gasteiger partial charge in [-0.05, 0) is 42.3 Å². The molecule has 0 bridgehead atoms. The fourth-order valence-electron chi connectivity index (χ4n) is 3.03. The molecular formula is C20H22FN3O2. The molecule has 26 heavy (non-hydrogen) atoms. The lowest BCUT2D eigenvalue weighted by Crippen LogP contribution is -2.51. The molecule has 0 unspecified atom stereocenters. The van der Waals surface area contributed by atoms with Gasteiger partial charge in [0, 0.05) is 37.4 Å². The molecule has 0 spiro atoms. The predicted octanol–water partition coefficient (Wildman–Crippen LogP) is 3.38. The molecule has 0 radical (unpaired) electrons. The smallest absolute Gasteiger partial charge is 0.321 e. The number of anilines is 1. The lowest BCUT2D eigenvalue weighted by molar-refractivity contribution is 0.0671. The van der Waals surface area contributed by atoms with E-state index in [1.807, 2.05) is 31.2 Å². The van der Waals surface area contributed by atoms with Crippen molar-refractivity contribution < 1.29 is 14.0 Å². The molecule has 0 atom stereocenters. The standard InChI is InChI=1S/C20H22FN3O2/c1-2-15-5-3-4-6-18(15)22-20(26)24-13-11-23(12-14-24)19(25)16-7-9-17(21)10-8-16/h3-10H,2,11-14H2,1H3,(H,22,26). The molecule has 0 saturated carbocycles. The number of rotatable bonds is 3. The quantitative estimate of drug-likeness (QED) is 0.918. The summed E-state index contributed by atoms with van der Waals surface area (Å²) in [5.74, 6) is -0.503. The minimum Gasteiger partial charge on any atom is -0.335 e. The molecule has 1 N–H and O–H groups in total. The molecule has 6 heteroatoms. The van der Waals surface area contributed by atoms with Crippen LogP contribution >= 0.6 is 0 Å². The van der Waals surface area contributed by atoms with Crippen LogP contribution in [0.5, 0.6) is 0 Å². The van der Waals surface area contributed by atoms with E-state index in [0.717, 1.165) is 17.7 Å². The highest BCUT2D eigenvalue weighted by atomic mass is 19.1. The van der Waals surface area contributed by atoms with Crippen molar-refractivity contribution in [2.24, 2.45) is 0 Å². The normalized spacial score (nSPS) is 14.2. The zero-order chi connectivity index (χ0) is 18.5. The number of nitrogens with zero attached hydrogens (tertiary/aromatic N) is 2. The Labute approximate surface area is 152 Å². The van der Waals surface area contributed by atoms with E-state index in [1.54, 1.807) is 9.80 Å². The van der Waals surface area contributed by atoms with Gasteiger partial charge in [0.15, 0.2) is 0 Å². The number of halogens is 1. The summed E-state index contributed by atoms with van der Waals surface area (Å²) in [4.78, 5) is 28.3. The van der Waals surface area contributed by atoms with Crippen LogP contribution in [0.3, 0.4) is 0 Å². The lowest BCUT2D eigenvalue weighted by atomic mass is 10.1. The third kappa shape index (κ3) is 4.02. The number of hydrogen-bond acceptors (Lipinski definition) is 2. The minimum absolute atomic E-state index is 0.138. The molecule has 1 aliphatic rings. The first-order valence-corrected chi connectivity index (χ1v) is 8.77. The average molecular weight is 355 g/mol. The van der Waals surface area contributed by atoms with Crippen molar-refractivity contribution in [3.05, 3.63) is 65.5 Å². The molecule has 136 valence electrons. The van der Waals surface area contributed by atoms with Gasteiger partial charge in [-0.15, -0.1) is 0 Å². The van der Waals surface area contributed by atoms with Crippen molar-refractivity contribution in [1.82, 2.24) is 9.80 Å². The number of amides is 3. The third-order valence-corrected chi connectivity index (χ3v) is 4.59. The molecule has 0 aromatic heterocycles. The SMILES string of the molecule is CCc1ccccc1NC(=O)N1CCN(C(=O)c2ccc(F)cc2)CC1. The number of para-hydroxylation sites is 1. The Hall–Kier alpha value is -2.89. The van der Waals surface area contributed by atoms with Crippen LogP contribution in [-0.2, 0) is 6.42 Å². The monoisotopic (exact) mass is 355 g/mol. The fourth-order valence-corrected chi connectivity index (χ4v) is 3.03. The summed E-state index contributed by atoms with van der Waals surface area (Å²) >= 11 is 0. The molecule has 1 aliphatic heterocycles. The predicted molar refractivity (Wildman–Crippen MR) is 98.7 cm³/mol. The lowest BCUT2D eigenvalue weighted by Gasteiger charge is -2.34. The molecule has 0 aliphatic carbocycles. The summed E-state index contributed by atoms with van der Waals surface area (Å²) in [6, 6.07) is 13.1. The molecule has 1 saturated heterocycles. The van der Waals surface area contributed by atoms with Gasteiger partial charge in [0.05, 0.1) is 0 Å². The molecule has 2 aromatic carbocycles. The Bertz CT molecular complexity index is 784. The van der Waals surface area contributed by atoms with Gasteiger partial charge in [-0.2, -0.15) is 0 Å². The Balaban J connectivity index is 1.57. The van der Waals surface area contributed by atoms with Crippen LogP contribution in [0.2, 0.25) is 0 Å². The first kappa shape index (κ1) is 17.9. The molecule has 3 amide bonds. The van der Waals surface area contributed by atoms with E-state index >= 15 is 0 Å². The maximum absolute atomic E-state index is 13.0. The number of hydrogen-bond donors (Lipinski definition) is 1. The van der Waals surface area contributed by atoms with Gasteiger partial charge in [-0.1, -0.05) is 25.1 Å². The Kier molecular flexibility index (Phi) is 5.51. The van der Waals surface area contributed by atoms with Crippen LogP contribution in [0.4, 0.5) is 14.9 Å². The maximum Gasteiger partial charge on any atom is 0.321 e. The zero-order valence-electron chi connectivity index (χ0n) is 14.7. The second-order valence-corrected chi connectivity index (χ2v) is 6.23.